The molecule has 23 heavy (non-hydrogen) atoms. The lowest BCUT2D eigenvalue weighted by molar-refractivity contribution is 0.0734. The Morgan fingerprint density at radius 1 is 1.09 bits per heavy atom. The summed E-state index contributed by atoms with van der Waals surface area (Å²) in [7, 11) is -3.11. The molecule has 1 heterocycles. The van der Waals surface area contributed by atoms with Crippen molar-refractivity contribution in [1.82, 2.24) is 0 Å². The molecule has 1 aliphatic heterocycles. The molecule has 0 unspecified atom stereocenters. The standard InChI is InChI=1S/C16H14O6S/c1-23(18,19)9-11-2-4-12(5-3-11)16(17)22-13-6-7-14-15(8-13)21-10-20-14/h2-8H,9-10H2,1H3. The molecule has 2 aromatic rings. The Morgan fingerprint density at radius 3 is 2.48 bits per heavy atom. The van der Waals surface area contributed by atoms with Crippen LogP contribution in [0.15, 0.2) is 42.5 Å². The molecule has 2 aromatic carbocycles. The number of fused-ring (bicyclic) bond motifs is 1. The highest BCUT2D eigenvalue weighted by Gasteiger charge is 2.16. The van der Waals surface area contributed by atoms with Crippen molar-refractivity contribution in [2.45, 2.75) is 5.75 Å². The Bertz CT molecular complexity index is 839. The maximum absolute atomic E-state index is 12.1. The maximum Gasteiger partial charge on any atom is 0.343 e. The molecule has 7 heteroatoms. The second-order valence-electron chi connectivity index (χ2n) is 5.17. The molecule has 0 amide bonds. The molecule has 0 N–H and O–H groups in total. The third kappa shape index (κ3) is 3.81. The van der Waals surface area contributed by atoms with Crippen molar-refractivity contribution in [3.05, 3.63) is 53.6 Å². The zero-order chi connectivity index (χ0) is 16.4. The second-order valence-corrected chi connectivity index (χ2v) is 7.31. The monoisotopic (exact) mass is 334 g/mol. The van der Waals surface area contributed by atoms with E-state index in [4.69, 9.17) is 14.2 Å². The molecule has 0 saturated carbocycles. The van der Waals surface area contributed by atoms with Gasteiger partial charge in [0.25, 0.3) is 0 Å². The molecule has 0 radical (unpaired) electrons. The Kier molecular flexibility index (Phi) is 3.96. The number of hydrogen-bond donors (Lipinski definition) is 0. The zero-order valence-electron chi connectivity index (χ0n) is 12.3. The van der Waals surface area contributed by atoms with Crippen molar-refractivity contribution < 1.29 is 27.4 Å². The molecule has 0 spiro atoms. The Labute approximate surface area is 133 Å². The number of hydrogen-bond acceptors (Lipinski definition) is 6. The molecule has 3 rings (SSSR count). The van der Waals surface area contributed by atoms with Gasteiger partial charge in [-0.15, -0.1) is 0 Å². The van der Waals surface area contributed by atoms with Crippen molar-refractivity contribution in [2.24, 2.45) is 0 Å². The van der Waals surface area contributed by atoms with Crippen LogP contribution in [0.5, 0.6) is 17.2 Å². The van der Waals surface area contributed by atoms with E-state index in [0.29, 0.717) is 28.4 Å². The average Bonchev–Trinajstić information content (AvgIpc) is 2.94. The van der Waals surface area contributed by atoms with Gasteiger partial charge >= 0.3 is 5.97 Å². The first-order valence-corrected chi connectivity index (χ1v) is 8.85. The van der Waals surface area contributed by atoms with E-state index in [2.05, 4.69) is 0 Å². The number of rotatable bonds is 4. The third-order valence-electron chi connectivity index (χ3n) is 3.17. The predicted molar refractivity (Wildman–Crippen MR) is 82.5 cm³/mol. The maximum atomic E-state index is 12.1. The number of benzene rings is 2. The number of carbonyl (C=O) groups is 1. The van der Waals surface area contributed by atoms with Gasteiger partial charge in [-0.3, -0.25) is 0 Å². The lowest BCUT2D eigenvalue weighted by Gasteiger charge is -2.06. The minimum atomic E-state index is -3.11. The van der Waals surface area contributed by atoms with Crippen molar-refractivity contribution >= 4 is 15.8 Å². The molecule has 6 nitrogen and oxygen atoms in total. The van der Waals surface area contributed by atoms with E-state index in [1.807, 2.05) is 0 Å². The molecule has 0 saturated heterocycles. The molecule has 0 fully saturated rings. The largest absolute Gasteiger partial charge is 0.454 e. The van der Waals surface area contributed by atoms with Crippen LogP contribution in [0.25, 0.3) is 0 Å². The summed E-state index contributed by atoms with van der Waals surface area (Å²) in [5, 5.41) is 0. The van der Waals surface area contributed by atoms with Gasteiger partial charge in [0.15, 0.2) is 21.3 Å². The molecular weight excluding hydrogens is 320 g/mol. The highest BCUT2D eigenvalue weighted by atomic mass is 32.2. The zero-order valence-corrected chi connectivity index (χ0v) is 13.1. The van der Waals surface area contributed by atoms with Crippen LogP contribution in [0.2, 0.25) is 0 Å². The second kappa shape index (κ2) is 5.92. The van der Waals surface area contributed by atoms with Crippen molar-refractivity contribution in [1.29, 1.82) is 0 Å². The minimum absolute atomic E-state index is 0.0650. The van der Waals surface area contributed by atoms with Gasteiger partial charge in [0, 0.05) is 12.3 Å². The Balaban J connectivity index is 1.71. The smallest absolute Gasteiger partial charge is 0.343 e. The molecule has 120 valence electrons. The van der Waals surface area contributed by atoms with E-state index >= 15 is 0 Å². The van der Waals surface area contributed by atoms with Crippen molar-refractivity contribution in [3.63, 3.8) is 0 Å². The summed E-state index contributed by atoms with van der Waals surface area (Å²) in [6.45, 7) is 0.147. The average molecular weight is 334 g/mol. The lowest BCUT2D eigenvalue weighted by atomic mass is 10.1. The van der Waals surface area contributed by atoms with Gasteiger partial charge in [-0.25, -0.2) is 13.2 Å². The molecular formula is C16H14O6S. The number of esters is 1. The fourth-order valence-corrected chi connectivity index (χ4v) is 2.94. The molecule has 0 aliphatic carbocycles. The van der Waals surface area contributed by atoms with Crippen molar-refractivity contribution in [3.8, 4) is 17.2 Å². The van der Waals surface area contributed by atoms with Crippen LogP contribution in [-0.2, 0) is 15.6 Å². The van der Waals surface area contributed by atoms with E-state index in [-0.39, 0.29) is 12.5 Å². The van der Waals surface area contributed by atoms with E-state index in [9.17, 15) is 13.2 Å². The fraction of sp³-hybridized carbons (Fsp3) is 0.188. The van der Waals surface area contributed by atoms with Crippen LogP contribution in [0.4, 0.5) is 0 Å². The number of ether oxygens (including phenoxy) is 3. The summed E-state index contributed by atoms with van der Waals surface area (Å²) in [4.78, 5) is 12.1. The SMILES string of the molecule is CS(=O)(=O)Cc1ccc(C(=O)Oc2ccc3c(c2)OCO3)cc1. The summed E-state index contributed by atoms with van der Waals surface area (Å²) >= 11 is 0. The van der Waals surface area contributed by atoms with Crippen LogP contribution in [-0.4, -0.2) is 27.4 Å². The van der Waals surface area contributed by atoms with Gasteiger partial charge in [0.05, 0.1) is 11.3 Å². The lowest BCUT2D eigenvalue weighted by Crippen LogP contribution is -2.09. The first-order valence-electron chi connectivity index (χ1n) is 6.79. The highest BCUT2D eigenvalue weighted by Crippen LogP contribution is 2.35. The Hall–Kier alpha value is -2.54. The van der Waals surface area contributed by atoms with Crippen LogP contribution in [0, 0.1) is 0 Å². The summed E-state index contributed by atoms with van der Waals surface area (Å²) in [5.41, 5.74) is 0.951. The van der Waals surface area contributed by atoms with Crippen LogP contribution >= 0.6 is 0 Å². The summed E-state index contributed by atoms with van der Waals surface area (Å²) in [5.74, 6) is 0.882. The quantitative estimate of drug-likeness (QED) is 0.630. The van der Waals surface area contributed by atoms with Gasteiger partial charge in [0.2, 0.25) is 6.79 Å². The summed E-state index contributed by atoms with van der Waals surface area (Å²) < 4.78 is 38.2. The third-order valence-corrected chi connectivity index (χ3v) is 4.03. The molecule has 0 bridgehead atoms. The van der Waals surface area contributed by atoms with E-state index in [0.717, 1.165) is 6.26 Å². The van der Waals surface area contributed by atoms with Gasteiger partial charge < -0.3 is 14.2 Å². The molecule has 0 aromatic heterocycles. The van der Waals surface area contributed by atoms with Crippen LogP contribution in [0.3, 0.4) is 0 Å². The minimum Gasteiger partial charge on any atom is -0.454 e. The van der Waals surface area contributed by atoms with Gasteiger partial charge in [-0.05, 0) is 29.8 Å². The van der Waals surface area contributed by atoms with Gasteiger partial charge in [-0.2, -0.15) is 0 Å². The van der Waals surface area contributed by atoms with E-state index < -0.39 is 15.8 Å². The van der Waals surface area contributed by atoms with Crippen LogP contribution in [0.1, 0.15) is 15.9 Å². The number of carbonyl (C=O) groups excluding carboxylic acids is 1. The highest BCUT2D eigenvalue weighted by molar-refractivity contribution is 7.89. The summed E-state index contributed by atoms with van der Waals surface area (Å²) in [6.07, 6.45) is 1.16. The van der Waals surface area contributed by atoms with E-state index in [1.54, 1.807) is 30.3 Å². The first-order chi connectivity index (χ1) is 10.9. The summed E-state index contributed by atoms with van der Waals surface area (Å²) in [6, 6.07) is 11.1. The van der Waals surface area contributed by atoms with E-state index in [1.165, 1.54) is 12.1 Å². The first kappa shape index (κ1) is 15.4. The van der Waals surface area contributed by atoms with Gasteiger partial charge in [0.1, 0.15) is 5.75 Å². The molecule has 1 aliphatic rings. The number of sulfone groups is 1. The topological polar surface area (TPSA) is 78.9 Å². The van der Waals surface area contributed by atoms with Crippen LogP contribution < -0.4 is 14.2 Å². The normalized spacial score (nSPS) is 12.9. The molecule has 0 atom stereocenters. The van der Waals surface area contributed by atoms with Crippen molar-refractivity contribution in [2.75, 3.05) is 13.0 Å². The predicted octanol–water partition coefficient (Wildman–Crippen LogP) is 2.18. The van der Waals surface area contributed by atoms with Gasteiger partial charge in [-0.1, -0.05) is 12.1 Å². The Morgan fingerprint density at radius 2 is 1.78 bits per heavy atom. The fourth-order valence-electron chi connectivity index (χ4n) is 2.15.